The Kier molecular flexibility index (Phi) is 11.4. The van der Waals surface area contributed by atoms with E-state index in [0.29, 0.717) is 46.6 Å². The summed E-state index contributed by atoms with van der Waals surface area (Å²) in [5.74, 6) is 2.07. The third kappa shape index (κ3) is 7.46. The lowest BCUT2D eigenvalue weighted by Gasteiger charge is -2.32. The molecule has 0 atom stereocenters. The van der Waals surface area contributed by atoms with Gasteiger partial charge in [0.1, 0.15) is 9.49 Å². The van der Waals surface area contributed by atoms with E-state index in [1.165, 1.54) is 19.9 Å². The van der Waals surface area contributed by atoms with E-state index >= 15 is 0 Å². The second kappa shape index (κ2) is 13.1. The number of benzene rings is 1. The number of unbranched alkanes of at least 4 members (excludes halogenated alkanes) is 2. The van der Waals surface area contributed by atoms with Crippen LogP contribution in [0.1, 0.15) is 52.4 Å². The van der Waals surface area contributed by atoms with Gasteiger partial charge in [0, 0.05) is 22.5 Å². The first-order chi connectivity index (χ1) is 16.0. The lowest BCUT2D eigenvalue weighted by molar-refractivity contribution is 0.263. The molecular weight excluding hydrogens is 544 g/mol. The van der Waals surface area contributed by atoms with Gasteiger partial charge in [0.2, 0.25) is 0 Å². The Bertz CT molecular complexity index is 1040. The molecule has 0 unspecified atom stereocenters. The molecule has 1 aromatic carbocycles. The number of sulfonamides is 1. The molecule has 0 amide bonds. The maximum absolute atomic E-state index is 13.1. The second-order valence-electron chi connectivity index (χ2n) is 7.78. The number of ether oxygens (including phenoxy) is 2. The summed E-state index contributed by atoms with van der Waals surface area (Å²) in [4.78, 5) is 19.7. The lowest BCUT2D eigenvalue weighted by atomic mass is 10.2. The molecule has 1 aromatic heterocycles. The highest BCUT2D eigenvalue weighted by molar-refractivity contribution is 7.92. The molecule has 34 heavy (non-hydrogen) atoms. The normalized spacial score (nSPS) is 12.9. The maximum atomic E-state index is 13.1. The van der Waals surface area contributed by atoms with Crippen LogP contribution in [0.2, 0.25) is 0 Å². The average molecular weight is 577 g/mol. The van der Waals surface area contributed by atoms with Crippen LogP contribution in [0.25, 0.3) is 10.1 Å². The van der Waals surface area contributed by atoms with Crippen LogP contribution < -0.4 is 14.2 Å². The van der Waals surface area contributed by atoms with Crippen molar-refractivity contribution in [3.8, 4) is 11.5 Å². The molecule has 194 valence electrons. The van der Waals surface area contributed by atoms with E-state index in [9.17, 15) is 22.8 Å². The molecule has 0 fully saturated rings. The topological polar surface area (TPSA) is 122 Å². The van der Waals surface area contributed by atoms with Crippen molar-refractivity contribution in [2.75, 3.05) is 25.0 Å². The number of hydrogen-bond donors (Lipinski definition) is 3. The Balaban J connectivity index is 2.40. The van der Waals surface area contributed by atoms with E-state index in [0.717, 1.165) is 37.0 Å². The molecule has 2 rings (SSSR count). The number of nitrogens with one attached hydrogen (secondary N) is 1. The molecule has 3 N–H and O–H groups in total. The molecular formula is C21H32Cl2NO7PS2. The number of thiophene rings is 1. The molecule has 1 heterocycles. The fraction of sp³-hybridized carbons (Fsp3) is 0.619. The van der Waals surface area contributed by atoms with E-state index in [-0.39, 0.29) is 17.1 Å². The van der Waals surface area contributed by atoms with Gasteiger partial charge >= 0.3 is 7.60 Å². The van der Waals surface area contributed by atoms with Gasteiger partial charge in [0.25, 0.3) is 10.0 Å². The standard InChI is InChI=1S/C21H32Cl2NO7PS2/c1-3-21(4-2,32(25,26)27)24-34(28,29)20-14-16-13-17(30-11-7-5-9-22)18(15-19(16)33-20)31-12-8-6-10-23/h13-15,24H,3-12H2,1-2H3,(H2,25,26,27). The van der Waals surface area contributed by atoms with Crippen LogP contribution in [-0.4, -0.2) is 48.5 Å². The Morgan fingerprint density at radius 1 is 0.971 bits per heavy atom. The van der Waals surface area contributed by atoms with Crippen LogP contribution in [0.4, 0.5) is 0 Å². The summed E-state index contributed by atoms with van der Waals surface area (Å²) in [5, 5.41) is -1.24. The molecule has 0 aliphatic rings. The summed E-state index contributed by atoms with van der Waals surface area (Å²) in [5.41, 5.74) is 0. The molecule has 2 aromatic rings. The van der Waals surface area contributed by atoms with Crippen molar-refractivity contribution >= 4 is 62.2 Å². The first kappa shape index (κ1) is 29.6. The van der Waals surface area contributed by atoms with E-state index in [2.05, 4.69) is 4.72 Å². The summed E-state index contributed by atoms with van der Waals surface area (Å²) in [7, 11) is -8.95. The van der Waals surface area contributed by atoms with E-state index in [4.69, 9.17) is 32.7 Å². The smallest absolute Gasteiger partial charge is 0.346 e. The quantitative estimate of drug-likeness (QED) is 0.134. The molecule has 0 saturated carbocycles. The van der Waals surface area contributed by atoms with Gasteiger partial charge in [-0.05, 0) is 56.0 Å². The van der Waals surface area contributed by atoms with E-state index in [1.807, 2.05) is 0 Å². The zero-order valence-corrected chi connectivity index (χ0v) is 23.3. The van der Waals surface area contributed by atoms with Gasteiger partial charge in [-0.1, -0.05) is 13.8 Å². The molecule has 0 aliphatic carbocycles. The minimum Gasteiger partial charge on any atom is -0.490 e. The van der Waals surface area contributed by atoms with Crippen LogP contribution in [0.5, 0.6) is 11.5 Å². The highest BCUT2D eigenvalue weighted by Crippen LogP contribution is 2.53. The van der Waals surface area contributed by atoms with Gasteiger partial charge < -0.3 is 19.3 Å². The highest BCUT2D eigenvalue weighted by atomic mass is 35.5. The number of hydrogen-bond acceptors (Lipinski definition) is 6. The van der Waals surface area contributed by atoms with Crippen molar-refractivity contribution in [2.45, 2.75) is 61.9 Å². The minimum absolute atomic E-state index is 0.0467. The molecule has 0 aliphatic heterocycles. The lowest BCUT2D eigenvalue weighted by Crippen LogP contribution is -2.46. The molecule has 0 spiro atoms. The number of halogens is 2. The van der Waals surface area contributed by atoms with Crippen molar-refractivity contribution < 1.29 is 32.2 Å². The monoisotopic (exact) mass is 575 g/mol. The van der Waals surface area contributed by atoms with Crippen LogP contribution in [0, 0.1) is 0 Å². The Hall–Kier alpha value is -0.580. The molecule has 13 heteroatoms. The minimum atomic E-state index is -4.76. The van der Waals surface area contributed by atoms with Gasteiger partial charge in [-0.2, -0.15) is 4.72 Å². The third-order valence-corrected chi connectivity index (χ3v) is 11.1. The summed E-state index contributed by atoms with van der Waals surface area (Å²) in [6, 6.07) is 4.92. The summed E-state index contributed by atoms with van der Waals surface area (Å²) in [6.45, 7) is 3.95. The zero-order valence-electron chi connectivity index (χ0n) is 19.3. The Labute approximate surface area is 215 Å². The maximum Gasteiger partial charge on any atom is 0.346 e. The number of alkyl halides is 2. The Morgan fingerprint density at radius 2 is 1.50 bits per heavy atom. The van der Waals surface area contributed by atoms with Gasteiger partial charge in [0.05, 0.1) is 13.2 Å². The fourth-order valence-electron chi connectivity index (χ4n) is 3.30. The van der Waals surface area contributed by atoms with Crippen molar-refractivity contribution in [1.82, 2.24) is 4.72 Å². The first-order valence-corrected chi connectivity index (χ1v) is 16.1. The van der Waals surface area contributed by atoms with Crippen LogP contribution in [-0.2, 0) is 14.6 Å². The summed E-state index contributed by atoms with van der Waals surface area (Å²) >= 11 is 12.5. The largest absolute Gasteiger partial charge is 0.490 e. The fourth-order valence-corrected chi connectivity index (χ4v) is 8.15. The highest BCUT2D eigenvalue weighted by Gasteiger charge is 2.47. The SMILES string of the molecule is CCC(CC)(NS(=O)(=O)c1cc2cc(OCCCCCl)c(OCCCCCl)cc2s1)P(=O)(O)O. The van der Waals surface area contributed by atoms with E-state index in [1.54, 1.807) is 12.1 Å². The predicted octanol–water partition coefficient (Wildman–Crippen LogP) is 5.67. The summed E-state index contributed by atoms with van der Waals surface area (Å²) < 4.78 is 53.0. The number of rotatable bonds is 16. The zero-order chi connectivity index (χ0) is 25.4. The van der Waals surface area contributed by atoms with E-state index < -0.39 is 22.9 Å². The molecule has 0 saturated heterocycles. The number of fused-ring (bicyclic) bond motifs is 1. The molecule has 0 radical (unpaired) electrons. The van der Waals surface area contributed by atoms with Crippen LogP contribution in [0.15, 0.2) is 22.4 Å². The molecule has 0 bridgehead atoms. The second-order valence-corrected chi connectivity index (χ2v) is 13.5. The average Bonchev–Trinajstić information content (AvgIpc) is 3.21. The summed E-state index contributed by atoms with van der Waals surface area (Å²) in [6.07, 6.45) is 3.02. The van der Waals surface area contributed by atoms with Gasteiger partial charge in [-0.25, -0.2) is 8.42 Å². The first-order valence-electron chi connectivity index (χ1n) is 11.1. The Morgan fingerprint density at radius 3 is 1.97 bits per heavy atom. The molecule has 8 nitrogen and oxygen atoms in total. The van der Waals surface area contributed by atoms with Crippen LogP contribution in [0.3, 0.4) is 0 Å². The van der Waals surface area contributed by atoms with Gasteiger partial charge in [0.15, 0.2) is 11.5 Å². The van der Waals surface area contributed by atoms with Crippen molar-refractivity contribution in [1.29, 1.82) is 0 Å². The van der Waals surface area contributed by atoms with Crippen LogP contribution >= 0.6 is 42.1 Å². The van der Waals surface area contributed by atoms with Crippen molar-refractivity contribution in [3.63, 3.8) is 0 Å². The van der Waals surface area contributed by atoms with Gasteiger partial charge in [-0.3, -0.25) is 4.57 Å². The van der Waals surface area contributed by atoms with Crippen molar-refractivity contribution in [3.05, 3.63) is 18.2 Å². The predicted molar refractivity (Wildman–Crippen MR) is 138 cm³/mol. The van der Waals surface area contributed by atoms with Crippen molar-refractivity contribution in [2.24, 2.45) is 0 Å². The third-order valence-electron chi connectivity index (χ3n) is 5.45. The van der Waals surface area contributed by atoms with Gasteiger partial charge in [-0.15, -0.1) is 34.5 Å².